The van der Waals surface area contributed by atoms with Gasteiger partial charge in [0.25, 0.3) is 0 Å². The van der Waals surface area contributed by atoms with Crippen molar-refractivity contribution < 1.29 is 9.59 Å². The summed E-state index contributed by atoms with van der Waals surface area (Å²) in [5.41, 5.74) is 0. The van der Waals surface area contributed by atoms with Crippen molar-refractivity contribution >= 4 is 23.6 Å². The number of rotatable bonds is 2. The number of hydrogen-bond acceptors (Lipinski definition) is 3. The molecule has 21 heavy (non-hydrogen) atoms. The van der Waals surface area contributed by atoms with Gasteiger partial charge >= 0.3 is 0 Å². The quantitative estimate of drug-likeness (QED) is 0.784. The number of carbonyl (C=O) groups excluding carboxylic acids is 2. The van der Waals surface area contributed by atoms with Crippen LogP contribution in [-0.2, 0) is 9.59 Å². The average molecular weight is 310 g/mol. The highest BCUT2D eigenvalue weighted by molar-refractivity contribution is 7.99. The van der Waals surface area contributed by atoms with Crippen LogP contribution in [0.5, 0.6) is 0 Å². The number of amides is 2. The van der Waals surface area contributed by atoms with E-state index in [2.05, 4.69) is 13.8 Å². The van der Waals surface area contributed by atoms with Gasteiger partial charge in [-0.1, -0.05) is 13.8 Å². The number of thioether (sulfide) groups is 1. The summed E-state index contributed by atoms with van der Waals surface area (Å²) in [6, 6.07) is -0.130. The van der Waals surface area contributed by atoms with Crippen LogP contribution in [0.25, 0.3) is 0 Å². The van der Waals surface area contributed by atoms with Crippen molar-refractivity contribution in [2.24, 2.45) is 5.92 Å². The van der Waals surface area contributed by atoms with Gasteiger partial charge in [0.2, 0.25) is 11.8 Å². The Morgan fingerprint density at radius 2 is 1.76 bits per heavy atom. The van der Waals surface area contributed by atoms with Crippen molar-refractivity contribution in [3.8, 4) is 0 Å². The average Bonchev–Trinajstić information content (AvgIpc) is 2.51. The molecule has 0 bridgehead atoms. The number of fused-ring (bicyclic) bond motifs is 1. The third-order valence-corrected chi connectivity index (χ3v) is 6.14. The Kier molecular flexibility index (Phi) is 4.48. The Morgan fingerprint density at radius 1 is 1.05 bits per heavy atom. The maximum atomic E-state index is 13.0. The molecule has 2 amide bonds. The normalized spacial score (nSPS) is 31.8. The van der Waals surface area contributed by atoms with Gasteiger partial charge in [-0.25, -0.2) is 0 Å². The summed E-state index contributed by atoms with van der Waals surface area (Å²) in [6.45, 7) is 4.92. The fourth-order valence-corrected chi connectivity index (χ4v) is 5.11. The molecule has 0 N–H and O–H groups in total. The molecule has 0 radical (unpaired) electrons. The Morgan fingerprint density at radius 3 is 2.43 bits per heavy atom. The Bertz CT molecular complexity index is 421. The summed E-state index contributed by atoms with van der Waals surface area (Å²) in [5, 5.41) is 0. The molecule has 0 aliphatic carbocycles. The first kappa shape index (κ1) is 15.2. The second kappa shape index (κ2) is 6.19. The highest BCUT2D eigenvalue weighted by Crippen LogP contribution is 2.33. The van der Waals surface area contributed by atoms with Crippen LogP contribution in [-0.4, -0.2) is 57.8 Å². The molecule has 5 heteroatoms. The zero-order valence-corrected chi connectivity index (χ0v) is 13.9. The number of hydrogen-bond donors (Lipinski definition) is 0. The molecule has 3 fully saturated rings. The van der Waals surface area contributed by atoms with Gasteiger partial charge in [-0.3, -0.25) is 9.59 Å². The standard InChI is InChI=1S/C16H26N2O2S/c1-11(2)14-16(20)17-8-4-3-5-13(17)15(19)18(14)12-6-9-21-10-7-12/h11-14H,3-10H2,1-2H3. The second-order valence-electron chi connectivity index (χ2n) is 6.82. The lowest BCUT2D eigenvalue weighted by Crippen LogP contribution is -2.69. The van der Waals surface area contributed by atoms with Crippen LogP contribution in [0.3, 0.4) is 0 Å². The minimum atomic E-state index is -0.236. The van der Waals surface area contributed by atoms with E-state index in [4.69, 9.17) is 0 Å². The van der Waals surface area contributed by atoms with Gasteiger partial charge in [-0.05, 0) is 49.5 Å². The van der Waals surface area contributed by atoms with Crippen molar-refractivity contribution in [1.29, 1.82) is 0 Å². The van der Waals surface area contributed by atoms with E-state index in [1.165, 1.54) is 0 Å². The first-order valence-electron chi connectivity index (χ1n) is 8.31. The predicted molar refractivity (Wildman–Crippen MR) is 85.2 cm³/mol. The third kappa shape index (κ3) is 2.69. The zero-order valence-electron chi connectivity index (χ0n) is 13.1. The molecule has 0 spiro atoms. The van der Waals surface area contributed by atoms with Gasteiger partial charge in [0.05, 0.1) is 0 Å². The lowest BCUT2D eigenvalue weighted by molar-refractivity contribution is -0.169. The Labute approximate surface area is 131 Å². The van der Waals surface area contributed by atoms with Crippen LogP contribution in [0, 0.1) is 5.92 Å². The molecule has 3 heterocycles. The van der Waals surface area contributed by atoms with Crippen LogP contribution in [0.4, 0.5) is 0 Å². The molecule has 2 unspecified atom stereocenters. The van der Waals surface area contributed by atoms with E-state index in [0.717, 1.165) is 50.2 Å². The highest BCUT2D eigenvalue weighted by Gasteiger charge is 2.49. The zero-order chi connectivity index (χ0) is 15.0. The molecule has 118 valence electrons. The van der Waals surface area contributed by atoms with Gasteiger partial charge < -0.3 is 9.80 Å². The van der Waals surface area contributed by atoms with Gasteiger partial charge in [0.1, 0.15) is 12.1 Å². The fourth-order valence-electron chi connectivity index (χ4n) is 4.03. The van der Waals surface area contributed by atoms with E-state index in [1.54, 1.807) is 0 Å². The Hall–Kier alpha value is -0.710. The van der Waals surface area contributed by atoms with Gasteiger partial charge in [0.15, 0.2) is 0 Å². The molecule has 3 aliphatic rings. The molecular weight excluding hydrogens is 284 g/mol. The largest absolute Gasteiger partial charge is 0.329 e. The lowest BCUT2D eigenvalue weighted by atomic mass is 9.88. The van der Waals surface area contributed by atoms with Crippen LogP contribution in [0.2, 0.25) is 0 Å². The van der Waals surface area contributed by atoms with Gasteiger partial charge in [-0.15, -0.1) is 0 Å². The van der Waals surface area contributed by atoms with Crippen molar-refractivity contribution in [1.82, 2.24) is 9.80 Å². The molecule has 0 aromatic rings. The maximum Gasteiger partial charge on any atom is 0.246 e. The molecule has 3 aliphatic heterocycles. The minimum Gasteiger partial charge on any atom is -0.329 e. The molecule has 0 saturated carbocycles. The summed E-state index contributed by atoms with van der Waals surface area (Å²) >= 11 is 1.96. The van der Waals surface area contributed by atoms with E-state index in [9.17, 15) is 9.59 Å². The molecule has 0 aromatic carbocycles. The van der Waals surface area contributed by atoms with Crippen molar-refractivity contribution in [2.45, 2.75) is 64.1 Å². The lowest BCUT2D eigenvalue weighted by Gasteiger charge is -2.51. The van der Waals surface area contributed by atoms with Crippen molar-refractivity contribution in [3.63, 3.8) is 0 Å². The monoisotopic (exact) mass is 310 g/mol. The van der Waals surface area contributed by atoms with Gasteiger partial charge in [-0.2, -0.15) is 11.8 Å². The summed E-state index contributed by atoms with van der Waals surface area (Å²) in [6.07, 6.45) is 5.05. The van der Waals surface area contributed by atoms with E-state index in [1.807, 2.05) is 21.6 Å². The first-order chi connectivity index (χ1) is 10.1. The number of piperazine rings is 1. The van der Waals surface area contributed by atoms with E-state index >= 15 is 0 Å². The highest BCUT2D eigenvalue weighted by atomic mass is 32.2. The number of nitrogens with zero attached hydrogens (tertiary/aromatic N) is 2. The van der Waals surface area contributed by atoms with E-state index < -0.39 is 0 Å². The molecule has 0 aromatic heterocycles. The smallest absolute Gasteiger partial charge is 0.246 e. The molecule has 2 atom stereocenters. The molecule has 3 saturated heterocycles. The van der Waals surface area contributed by atoms with Crippen LogP contribution in [0.15, 0.2) is 0 Å². The SMILES string of the molecule is CC(C)C1C(=O)N2CCCCC2C(=O)N1C1CCSCC1. The van der Waals surface area contributed by atoms with Crippen LogP contribution >= 0.6 is 11.8 Å². The Balaban J connectivity index is 1.90. The summed E-state index contributed by atoms with van der Waals surface area (Å²) in [4.78, 5) is 29.9. The predicted octanol–water partition coefficient (Wildman–Crippen LogP) is 2.13. The topological polar surface area (TPSA) is 40.6 Å². The van der Waals surface area contributed by atoms with Gasteiger partial charge in [0, 0.05) is 12.6 Å². The second-order valence-corrected chi connectivity index (χ2v) is 8.05. The van der Waals surface area contributed by atoms with E-state index in [-0.39, 0.29) is 35.9 Å². The summed E-state index contributed by atoms with van der Waals surface area (Å²) < 4.78 is 0. The summed E-state index contributed by atoms with van der Waals surface area (Å²) in [5.74, 6) is 2.85. The maximum absolute atomic E-state index is 13.0. The van der Waals surface area contributed by atoms with Crippen molar-refractivity contribution in [3.05, 3.63) is 0 Å². The third-order valence-electron chi connectivity index (χ3n) is 5.09. The molecule has 3 rings (SSSR count). The number of carbonyl (C=O) groups is 2. The van der Waals surface area contributed by atoms with E-state index in [0.29, 0.717) is 0 Å². The van der Waals surface area contributed by atoms with Crippen LogP contribution < -0.4 is 0 Å². The van der Waals surface area contributed by atoms with Crippen molar-refractivity contribution in [2.75, 3.05) is 18.1 Å². The minimum absolute atomic E-state index is 0.171. The summed E-state index contributed by atoms with van der Waals surface area (Å²) in [7, 11) is 0. The molecular formula is C16H26N2O2S. The van der Waals surface area contributed by atoms with Crippen LogP contribution in [0.1, 0.15) is 46.0 Å². The first-order valence-corrected chi connectivity index (χ1v) is 9.47. The fraction of sp³-hybridized carbons (Fsp3) is 0.875. The molecule has 4 nitrogen and oxygen atoms in total. The number of piperidine rings is 1.